The van der Waals surface area contributed by atoms with Crippen LogP contribution in [0.1, 0.15) is 36.1 Å². The van der Waals surface area contributed by atoms with Crippen molar-refractivity contribution in [1.29, 1.82) is 0 Å². The summed E-state index contributed by atoms with van der Waals surface area (Å²) in [5, 5.41) is 31.5. The number of aromatic hydroxyl groups is 1. The Balaban J connectivity index is 0.00000147. The van der Waals surface area contributed by atoms with Crippen molar-refractivity contribution in [3.8, 4) is 11.5 Å². The predicted octanol–water partition coefficient (Wildman–Crippen LogP) is 4.84. The molecular formula is C31H34F2N2O6. The number of carbonyl (C=O) groups is 1. The molecule has 4 aromatic rings. The minimum Gasteiger partial charge on any atom is -0.506 e. The van der Waals surface area contributed by atoms with E-state index in [0.717, 1.165) is 11.1 Å². The fourth-order valence-electron chi connectivity index (χ4n) is 4.35. The first-order valence-corrected chi connectivity index (χ1v) is 13.1. The second-order valence-corrected chi connectivity index (χ2v) is 9.69. The molecule has 218 valence electrons. The maximum atomic E-state index is 14.3. The van der Waals surface area contributed by atoms with Crippen molar-refractivity contribution in [3.63, 3.8) is 0 Å². The zero-order valence-electron chi connectivity index (χ0n) is 22.6. The van der Waals surface area contributed by atoms with Crippen LogP contribution in [0.4, 0.5) is 8.78 Å². The third kappa shape index (κ3) is 9.70. The molecule has 1 heterocycles. The van der Waals surface area contributed by atoms with Crippen LogP contribution in [0, 0.1) is 0 Å². The van der Waals surface area contributed by atoms with Gasteiger partial charge in [0.05, 0.1) is 11.6 Å². The fraction of sp³-hybridized carbons (Fsp3) is 0.290. The number of pyridine rings is 1. The number of phenols is 1. The van der Waals surface area contributed by atoms with Gasteiger partial charge in [-0.05, 0) is 60.7 Å². The van der Waals surface area contributed by atoms with Gasteiger partial charge in [-0.25, -0.2) is 8.78 Å². The monoisotopic (exact) mass is 568 g/mol. The largest absolute Gasteiger partial charge is 0.506 e. The number of rotatable bonds is 12. The van der Waals surface area contributed by atoms with E-state index in [1.807, 2.05) is 49.4 Å². The van der Waals surface area contributed by atoms with Crippen molar-refractivity contribution in [3.05, 3.63) is 106 Å². The van der Waals surface area contributed by atoms with E-state index >= 15 is 0 Å². The van der Waals surface area contributed by atoms with Gasteiger partial charge in [-0.3, -0.25) is 9.59 Å². The molecule has 10 heteroatoms. The lowest BCUT2D eigenvalue weighted by Gasteiger charge is -2.19. The van der Waals surface area contributed by atoms with E-state index in [1.54, 1.807) is 24.3 Å². The molecule has 1 aromatic heterocycles. The Morgan fingerprint density at radius 1 is 1.00 bits per heavy atom. The average Bonchev–Trinajstić information content (AvgIpc) is 2.96. The Morgan fingerprint density at radius 3 is 2.37 bits per heavy atom. The van der Waals surface area contributed by atoms with Gasteiger partial charge in [0.1, 0.15) is 11.5 Å². The molecule has 4 rings (SSSR count). The molecule has 0 aliphatic rings. The van der Waals surface area contributed by atoms with E-state index in [1.165, 1.54) is 12.1 Å². The number of benzene rings is 3. The Kier molecular flexibility index (Phi) is 11.4. The third-order valence-electron chi connectivity index (χ3n) is 6.46. The maximum Gasteiger partial charge on any atom is 0.290 e. The van der Waals surface area contributed by atoms with Crippen molar-refractivity contribution in [2.24, 2.45) is 0 Å². The van der Waals surface area contributed by atoms with E-state index in [2.05, 4.69) is 10.3 Å². The van der Waals surface area contributed by atoms with Crippen LogP contribution in [0.2, 0.25) is 0 Å². The highest BCUT2D eigenvalue weighted by Crippen LogP contribution is 2.28. The number of phenolic OH excluding ortho intramolecular Hbond substituents is 1. The van der Waals surface area contributed by atoms with Crippen molar-refractivity contribution in [1.82, 2.24) is 10.3 Å². The minimum absolute atomic E-state index is 0.0157. The predicted molar refractivity (Wildman–Crippen MR) is 153 cm³/mol. The molecule has 0 amide bonds. The highest BCUT2D eigenvalue weighted by molar-refractivity contribution is 5.87. The van der Waals surface area contributed by atoms with E-state index in [9.17, 15) is 23.8 Å². The number of hydrogen-bond acceptors (Lipinski definition) is 6. The molecule has 2 atom stereocenters. The van der Waals surface area contributed by atoms with E-state index in [0.29, 0.717) is 28.6 Å². The summed E-state index contributed by atoms with van der Waals surface area (Å²) in [6.07, 6.45) is -0.185. The lowest BCUT2D eigenvalue weighted by Crippen LogP contribution is -2.32. The summed E-state index contributed by atoms with van der Waals surface area (Å²) >= 11 is 0. The van der Waals surface area contributed by atoms with Crippen LogP contribution in [-0.4, -0.2) is 51.9 Å². The molecular weight excluding hydrogens is 534 g/mol. The summed E-state index contributed by atoms with van der Waals surface area (Å²) in [6.45, 7) is 1.32. The molecule has 8 nitrogen and oxygen atoms in total. The molecule has 0 radical (unpaired) electrons. The molecule has 0 aliphatic heterocycles. The second-order valence-electron chi connectivity index (χ2n) is 9.69. The normalized spacial score (nSPS) is 12.7. The van der Waals surface area contributed by atoms with Crippen molar-refractivity contribution >= 4 is 17.4 Å². The first kappa shape index (κ1) is 31.3. The van der Waals surface area contributed by atoms with Gasteiger partial charge in [0.15, 0.2) is 6.61 Å². The van der Waals surface area contributed by atoms with Crippen LogP contribution in [0.15, 0.2) is 83.7 Å². The van der Waals surface area contributed by atoms with Crippen LogP contribution in [0.25, 0.3) is 10.9 Å². The second kappa shape index (κ2) is 14.9. The van der Waals surface area contributed by atoms with Gasteiger partial charge < -0.3 is 30.4 Å². The maximum absolute atomic E-state index is 14.3. The number of H-pyrrole nitrogens is 1. The summed E-state index contributed by atoms with van der Waals surface area (Å²) in [7, 11) is 0. The van der Waals surface area contributed by atoms with Gasteiger partial charge in [-0.15, -0.1) is 0 Å². The van der Waals surface area contributed by atoms with E-state index < -0.39 is 18.6 Å². The van der Waals surface area contributed by atoms with Gasteiger partial charge in [0.25, 0.3) is 12.4 Å². The molecule has 0 bridgehead atoms. The number of carboxylic acid groups (broad SMARTS) is 1. The first-order chi connectivity index (χ1) is 19.6. The zero-order chi connectivity index (χ0) is 29.8. The topological polar surface area (TPSA) is 132 Å². The lowest BCUT2D eigenvalue weighted by atomic mass is 10.0. The summed E-state index contributed by atoms with van der Waals surface area (Å²) in [5.74, 6) is -2.59. The Bertz CT molecular complexity index is 1440. The van der Waals surface area contributed by atoms with E-state index in [4.69, 9.17) is 14.6 Å². The van der Waals surface area contributed by atoms with Gasteiger partial charge in [0, 0.05) is 30.5 Å². The first-order valence-electron chi connectivity index (χ1n) is 13.1. The number of halogens is 2. The molecule has 3 aromatic carbocycles. The third-order valence-corrected chi connectivity index (χ3v) is 6.46. The molecule has 0 spiro atoms. The lowest BCUT2D eigenvalue weighted by molar-refractivity contribution is -0.122. The number of ether oxygens (including phenoxy) is 1. The van der Waals surface area contributed by atoms with Crippen molar-refractivity contribution < 1.29 is 33.6 Å². The Hall–Kier alpha value is -4.28. The highest BCUT2D eigenvalue weighted by atomic mass is 19.3. The number of aryl methyl sites for hydroxylation is 1. The Morgan fingerprint density at radius 2 is 1.68 bits per heavy atom. The number of aliphatic hydroxyl groups excluding tert-OH is 1. The summed E-state index contributed by atoms with van der Waals surface area (Å²) in [4.78, 5) is 22.6. The van der Waals surface area contributed by atoms with Crippen LogP contribution in [0.5, 0.6) is 11.5 Å². The number of fused-ring (bicyclic) bond motifs is 1. The molecule has 41 heavy (non-hydrogen) atoms. The SMILES string of the molecule is C[C@@H](Cc1ccc(OCC(F)(F)CCc2ccccc2)cc1)NC[C@H](O)c1ccc(O)c2[nH]c(=O)ccc12.O=CO. The van der Waals surface area contributed by atoms with Crippen LogP contribution in [-0.2, 0) is 17.6 Å². The Labute approximate surface area is 236 Å². The van der Waals surface area contributed by atoms with Gasteiger partial charge in [0.2, 0.25) is 5.56 Å². The number of aliphatic hydroxyl groups is 1. The summed E-state index contributed by atoms with van der Waals surface area (Å²) < 4.78 is 33.9. The summed E-state index contributed by atoms with van der Waals surface area (Å²) in [5.41, 5.74) is 2.42. The standard InChI is InChI=1S/C30H32F2N2O4.CH2O2/c1-20(33-18-27(36)24-11-13-26(35)29-25(24)12-14-28(37)34-29)17-22-7-9-23(10-8-22)38-19-30(31,32)16-15-21-5-3-2-4-6-21;2-1-3/h2-14,20,27,33,35-36H,15-19H2,1H3,(H,34,37);1H,(H,2,3)/t20-,27-;/m0./s1. The van der Waals surface area contributed by atoms with Gasteiger partial charge >= 0.3 is 0 Å². The molecule has 5 N–H and O–H groups in total. The molecule has 0 aliphatic carbocycles. The molecule has 0 unspecified atom stereocenters. The molecule has 0 fully saturated rings. The zero-order valence-corrected chi connectivity index (χ0v) is 22.6. The number of hydrogen-bond donors (Lipinski definition) is 5. The quantitative estimate of drug-likeness (QED) is 0.155. The van der Waals surface area contributed by atoms with Crippen LogP contribution < -0.4 is 15.6 Å². The number of nitrogens with one attached hydrogen (secondary N) is 2. The minimum atomic E-state index is -2.92. The van der Waals surface area contributed by atoms with Crippen LogP contribution >= 0.6 is 0 Å². The average molecular weight is 569 g/mol. The smallest absolute Gasteiger partial charge is 0.290 e. The van der Waals surface area contributed by atoms with Crippen LogP contribution in [0.3, 0.4) is 0 Å². The van der Waals surface area contributed by atoms with Gasteiger partial charge in [-0.1, -0.05) is 48.5 Å². The summed E-state index contributed by atoms with van der Waals surface area (Å²) in [6, 6.07) is 22.3. The highest BCUT2D eigenvalue weighted by Gasteiger charge is 2.29. The number of aromatic nitrogens is 1. The number of alkyl halides is 2. The van der Waals surface area contributed by atoms with E-state index in [-0.39, 0.29) is 43.2 Å². The number of aromatic amines is 1. The molecule has 0 saturated heterocycles. The van der Waals surface area contributed by atoms with Crippen molar-refractivity contribution in [2.45, 2.75) is 44.3 Å². The van der Waals surface area contributed by atoms with Crippen molar-refractivity contribution in [2.75, 3.05) is 13.2 Å². The van der Waals surface area contributed by atoms with Gasteiger partial charge in [-0.2, -0.15) is 0 Å². The molecule has 0 saturated carbocycles. The fourth-order valence-corrected chi connectivity index (χ4v) is 4.35.